The van der Waals surface area contributed by atoms with Gasteiger partial charge in [0.25, 0.3) is 10.0 Å². The molecule has 0 aliphatic rings. The van der Waals surface area contributed by atoms with Crippen LogP contribution in [0.5, 0.6) is 0 Å². The van der Waals surface area contributed by atoms with Gasteiger partial charge in [-0.15, -0.1) is 0 Å². The second kappa shape index (κ2) is 4.69. The van der Waals surface area contributed by atoms with E-state index in [9.17, 15) is 12.8 Å². The Morgan fingerprint density at radius 3 is 2.72 bits per heavy atom. The number of hydrogen-bond acceptors (Lipinski definition) is 3. The van der Waals surface area contributed by atoms with E-state index in [1.54, 1.807) is 13.0 Å². The highest BCUT2D eigenvalue weighted by atomic mass is 79.9. The maximum absolute atomic E-state index is 13.5. The number of halogens is 2. The molecule has 0 spiro atoms. The van der Waals surface area contributed by atoms with Gasteiger partial charge in [0.1, 0.15) is 11.6 Å². The van der Waals surface area contributed by atoms with Crippen LogP contribution in [-0.2, 0) is 10.0 Å². The molecule has 1 aromatic heterocycles. The van der Waals surface area contributed by atoms with Crippen LogP contribution >= 0.6 is 15.9 Å². The van der Waals surface area contributed by atoms with E-state index in [-0.39, 0.29) is 10.7 Å². The molecule has 0 atom stereocenters. The van der Waals surface area contributed by atoms with Crippen molar-refractivity contribution in [2.45, 2.75) is 11.9 Å². The molecule has 2 N–H and O–H groups in total. The minimum Gasteiger partial charge on any atom is -0.332 e. The van der Waals surface area contributed by atoms with Gasteiger partial charge in [0.05, 0.1) is 11.9 Å². The number of imidazole rings is 1. The van der Waals surface area contributed by atoms with E-state index < -0.39 is 15.8 Å². The fraction of sp³-hybridized carbons (Fsp3) is 0.100. The zero-order valence-electron chi connectivity index (χ0n) is 9.24. The fourth-order valence-electron chi connectivity index (χ4n) is 1.31. The van der Waals surface area contributed by atoms with Gasteiger partial charge in [-0.25, -0.2) is 9.37 Å². The van der Waals surface area contributed by atoms with Gasteiger partial charge >= 0.3 is 0 Å². The van der Waals surface area contributed by atoms with E-state index in [0.29, 0.717) is 10.3 Å². The molecule has 18 heavy (non-hydrogen) atoms. The van der Waals surface area contributed by atoms with E-state index in [2.05, 4.69) is 30.6 Å². The van der Waals surface area contributed by atoms with Gasteiger partial charge in [0, 0.05) is 4.47 Å². The van der Waals surface area contributed by atoms with Crippen LogP contribution in [0.25, 0.3) is 0 Å². The summed E-state index contributed by atoms with van der Waals surface area (Å²) in [6.45, 7) is 1.62. The molecule has 1 heterocycles. The molecule has 96 valence electrons. The fourth-order valence-corrected chi connectivity index (χ4v) is 2.68. The minimum atomic E-state index is -3.85. The maximum Gasteiger partial charge on any atom is 0.279 e. The highest BCUT2D eigenvalue weighted by molar-refractivity contribution is 9.10. The molecule has 0 unspecified atom stereocenters. The zero-order chi connectivity index (χ0) is 13.3. The molecule has 0 amide bonds. The number of nitrogens with one attached hydrogen (secondary N) is 2. The molecule has 0 saturated heterocycles. The van der Waals surface area contributed by atoms with Crippen molar-refractivity contribution in [1.29, 1.82) is 0 Å². The van der Waals surface area contributed by atoms with Crippen molar-refractivity contribution in [3.8, 4) is 0 Å². The quantitative estimate of drug-likeness (QED) is 0.905. The third kappa shape index (κ3) is 2.70. The van der Waals surface area contributed by atoms with Crippen LogP contribution in [-0.4, -0.2) is 18.4 Å². The highest BCUT2D eigenvalue weighted by Crippen LogP contribution is 2.21. The standard InChI is InChI=1S/C10H9BrFN3O2S/c1-6-13-5-10(14-6)18(16,17)15-9-3-2-7(11)4-8(9)12/h2-5,15H,1H3,(H,13,14). The maximum atomic E-state index is 13.5. The van der Waals surface area contributed by atoms with Crippen LogP contribution in [0.15, 0.2) is 33.9 Å². The monoisotopic (exact) mass is 333 g/mol. The van der Waals surface area contributed by atoms with E-state index in [1.807, 2.05) is 0 Å². The number of aromatic nitrogens is 2. The Balaban J connectivity index is 2.33. The zero-order valence-corrected chi connectivity index (χ0v) is 11.6. The summed E-state index contributed by atoms with van der Waals surface area (Å²) in [4.78, 5) is 6.36. The summed E-state index contributed by atoms with van der Waals surface area (Å²) < 4.78 is 40.0. The number of rotatable bonds is 3. The molecule has 2 aromatic rings. The third-order valence-electron chi connectivity index (χ3n) is 2.14. The molecular weight excluding hydrogens is 325 g/mol. The topological polar surface area (TPSA) is 74.8 Å². The molecule has 0 bridgehead atoms. The Morgan fingerprint density at radius 1 is 1.44 bits per heavy atom. The molecule has 0 aliphatic heterocycles. The lowest BCUT2D eigenvalue weighted by molar-refractivity contribution is 0.595. The van der Waals surface area contributed by atoms with Crippen LogP contribution in [0.2, 0.25) is 0 Å². The predicted molar refractivity (Wildman–Crippen MR) is 68.2 cm³/mol. The van der Waals surface area contributed by atoms with Crippen LogP contribution < -0.4 is 4.72 Å². The number of anilines is 1. The summed E-state index contributed by atoms with van der Waals surface area (Å²) in [5, 5.41) is -0.109. The van der Waals surface area contributed by atoms with E-state index in [1.165, 1.54) is 18.3 Å². The number of nitrogens with zero attached hydrogens (tertiary/aromatic N) is 1. The molecule has 0 saturated carbocycles. The summed E-state index contributed by atoms with van der Waals surface area (Å²) >= 11 is 3.09. The second-order valence-corrected chi connectivity index (χ2v) is 6.13. The summed E-state index contributed by atoms with van der Waals surface area (Å²) in [6, 6.07) is 4.05. The van der Waals surface area contributed by atoms with Crippen LogP contribution in [0.4, 0.5) is 10.1 Å². The molecule has 8 heteroatoms. The first-order chi connectivity index (χ1) is 8.38. The summed E-state index contributed by atoms with van der Waals surface area (Å²) in [5.74, 6) is -0.198. The van der Waals surface area contributed by atoms with Gasteiger partial charge in [-0.2, -0.15) is 8.42 Å². The highest BCUT2D eigenvalue weighted by Gasteiger charge is 2.18. The molecule has 0 radical (unpaired) electrons. The lowest BCUT2D eigenvalue weighted by Gasteiger charge is -2.07. The van der Waals surface area contributed by atoms with Gasteiger partial charge in [-0.05, 0) is 25.1 Å². The Bertz CT molecular complexity index is 684. The van der Waals surface area contributed by atoms with Gasteiger partial charge in [0.15, 0.2) is 5.03 Å². The van der Waals surface area contributed by atoms with Crippen LogP contribution in [0.1, 0.15) is 5.82 Å². The lowest BCUT2D eigenvalue weighted by atomic mass is 10.3. The first-order valence-electron chi connectivity index (χ1n) is 4.88. The average Bonchev–Trinajstić information content (AvgIpc) is 2.70. The lowest BCUT2D eigenvalue weighted by Crippen LogP contribution is -2.14. The van der Waals surface area contributed by atoms with Crippen molar-refractivity contribution in [3.05, 3.63) is 40.5 Å². The smallest absolute Gasteiger partial charge is 0.279 e. The van der Waals surface area contributed by atoms with Gasteiger partial charge in [-0.3, -0.25) is 4.72 Å². The SMILES string of the molecule is Cc1ncc(S(=O)(=O)Nc2ccc(Br)cc2F)[nH]1. The molecule has 5 nitrogen and oxygen atoms in total. The third-order valence-corrected chi connectivity index (χ3v) is 3.91. The number of H-pyrrole nitrogens is 1. The normalized spacial score (nSPS) is 11.5. The van der Waals surface area contributed by atoms with E-state index >= 15 is 0 Å². The van der Waals surface area contributed by atoms with Crippen molar-refractivity contribution < 1.29 is 12.8 Å². The largest absolute Gasteiger partial charge is 0.332 e. The number of aryl methyl sites for hydroxylation is 1. The first-order valence-corrected chi connectivity index (χ1v) is 7.15. The molecule has 0 fully saturated rings. The molecule has 0 aliphatic carbocycles. The number of benzene rings is 1. The average molecular weight is 334 g/mol. The van der Waals surface area contributed by atoms with Crippen molar-refractivity contribution >= 4 is 31.6 Å². The summed E-state index contributed by atoms with van der Waals surface area (Å²) in [5.41, 5.74) is -0.120. The van der Waals surface area contributed by atoms with E-state index in [4.69, 9.17) is 0 Å². The number of aromatic amines is 1. The molecular formula is C10H9BrFN3O2S. The van der Waals surface area contributed by atoms with Crippen molar-refractivity contribution in [2.24, 2.45) is 0 Å². The molecule has 1 aromatic carbocycles. The van der Waals surface area contributed by atoms with Crippen molar-refractivity contribution in [2.75, 3.05) is 4.72 Å². The van der Waals surface area contributed by atoms with Gasteiger partial charge in [0.2, 0.25) is 0 Å². The Morgan fingerprint density at radius 2 is 2.17 bits per heavy atom. The van der Waals surface area contributed by atoms with E-state index in [0.717, 1.165) is 0 Å². The first kappa shape index (κ1) is 13.0. The van der Waals surface area contributed by atoms with Crippen LogP contribution in [0, 0.1) is 12.7 Å². The Hall–Kier alpha value is -1.41. The second-order valence-electron chi connectivity index (χ2n) is 3.56. The van der Waals surface area contributed by atoms with Crippen molar-refractivity contribution in [1.82, 2.24) is 9.97 Å². The number of hydrogen-bond donors (Lipinski definition) is 2. The van der Waals surface area contributed by atoms with Crippen molar-refractivity contribution in [3.63, 3.8) is 0 Å². The summed E-state index contributed by atoms with van der Waals surface area (Å²) in [7, 11) is -3.85. The Kier molecular flexibility index (Phi) is 3.40. The number of sulfonamides is 1. The van der Waals surface area contributed by atoms with Gasteiger partial charge in [-0.1, -0.05) is 15.9 Å². The predicted octanol–water partition coefficient (Wildman–Crippen LogP) is 2.42. The van der Waals surface area contributed by atoms with Gasteiger partial charge < -0.3 is 4.98 Å². The Labute approximate surface area is 112 Å². The minimum absolute atomic E-state index is 0.109. The van der Waals surface area contributed by atoms with Crippen LogP contribution in [0.3, 0.4) is 0 Å². The molecule has 2 rings (SSSR count). The summed E-state index contributed by atoms with van der Waals surface area (Å²) in [6.07, 6.45) is 1.18.